The minimum absolute atomic E-state index is 0.0941. The molecule has 0 saturated carbocycles. The second-order valence-electron chi connectivity index (χ2n) is 8.92. The molecule has 0 aliphatic rings. The van der Waals surface area contributed by atoms with E-state index >= 15 is 0 Å². The van der Waals surface area contributed by atoms with Gasteiger partial charge in [-0.05, 0) is 29.3 Å². The Bertz CT molecular complexity index is 1190. The van der Waals surface area contributed by atoms with Crippen molar-refractivity contribution in [2.75, 3.05) is 55.1 Å². The number of methoxy groups -OCH3 is 4. The van der Waals surface area contributed by atoms with Gasteiger partial charge in [0.2, 0.25) is 0 Å². The number of non-ortho nitro benzene ring substituents is 1. The van der Waals surface area contributed by atoms with Crippen LogP contribution >= 0.6 is 0 Å². The molecule has 9 nitrogen and oxygen atoms in total. The molecule has 0 amide bonds. The van der Waals surface area contributed by atoms with Gasteiger partial charge in [-0.3, -0.25) is 14.6 Å². The second kappa shape index (κ2) is 12.9. The standard InChI is InChI=1S/C28H36N3O6/c1-31(24-11-13-26(35-3)28(19-24)37-5,16-14-21-8-12-25(34-2)27(18-21)36-4)17-15-29-20-22-6-9-23(10-7-22)30(32)33/h6-13,18-19,29H,14-17,20H2,1-5H3/q+1. The van der Waals surface area contributed by atoms with Crippen molar-refractivity contribution in [1.29, 1.82) is 0 Å². The van der Waals surface area contributed by atoms with E-state index in [1.54, 1.807) is 40.6 Å². The molecule has 1 atom stereocenters. The van der Waals surface area contributed by atoms with E-state index in [2.05, 4.69) is 24.5 Å². The third-order valence-corrected chi connectivity index (χ3v) is 6.59. The molecule has 0 heterocycles. The zero-order valence-corrected chi connectivity index (χ0v) is 22.2. The average Bonchev–Trinajstić information content (AvgIpc) is 2.93. The molecule has 198 valence electrons. The molecule has 3 aromatic rings. The van der Waals surface area contributed by atoms with Gasteiger partial charge in [0.05, 0.1) is 53.5 Å². The summed E-state index contributed by atoms with van der Waals surface area (Å²) >= 11 is 0. The molecule has 37 heavy (non-hydrogen) atoms. The van der Waals surface area contributed by atoms with Crippen LogP contribution in [0.4, 0.5) is 11.4 Å². The van der Waals surface area contributed by atoms with Gasteiger partial charge in [-0.1, -0.05) is 18.2 Å². The zero-order chi connectivity index (χ0) is 26.8. The zero-order valence-electron chi connectivity index (χ0n) is 22.2. The number of nitro groups is 1. The Morgan fingerprint density at radius 2 is 1.32 bits per heavy atom. The van der Waals surface area contributed by atoms with Crippen LogP contribution in [0.3, 0.4) is 0 Å². The van der Waals surface area contributed by atoms with Crippen molar-refractivity contribution in [2.45, 2.75) is 13.0 Å². The van der Waals surface area contributed by atoms with E-state index < -0.39 is 0 Å². The maximum Gasteiger partial charge on any atom is 0.269 e. The lowest BCUT2D eigenvalue weighted by atomic mass is 10.1. The lowest BCUT2D eigenvalue weighted by Gasteiger charge is -2.35. The molecule has 0 aliphatic carbocycles. The van der Waals surface area contributed by atoms with Crippen LogP contribution in [0, 0.1) is 10.1 Å². The predicted molar refractivity (Wildman–Crippen MR) is 145 cm³/mol. The van der Waals surface area contributed by atoms with Crippen molar-refractivity contribution >= 4 is 11.4 Å². The monoisotopic (exact) mass is 510 g/mol. The fourth-order valence-electron chi connectivity index (χ4n) is 4.24. The van der Waals surface area contributed by atoms with Crippen molar-refractivity contribution in [2.24, 2.45) is 0 Å². The van der Waals surface area contributed by atoms with Gasteiger partial charge in [0, 0.05) is 43.8 Å². The van der Waals surface area contributed by atoms with E-state index in [1.807, 2.05) is 24.3 Å². The SMILES string of the molecule is COc1ccc(CC[N+](C)(CCNCc2ccc([N+](=O)[O-])cc2)c2ccc(OC)c(OC)c2)cc1OC. The number of hydrogen-bond acceptors (Lipinski definition) is 7. The number of benzene rings is 3. The molecule has 3 aromatic carbocycles. The number of rotatable bonds is 14. The number of hydrogen-bond donors (Lipinski definition) is 1. The largest absolute Gasteiger partial charge is 0.493 e. The van der Waals surface area contributed by atoms with Crippen LogP contribution in [0.5, 0.6) is 23.0 Å². The normalized spacial score (nSPS) is 12.5. The van der Waals surface area contributed by atoms with Crippen LogP contribution in [0.1, 0.15) is 11.1 Å². The summed E-state index contributed by atoms with van der Waals surface area (Å²) < 4.78 is 22.5. The molecule has 3 rings (SSSR count). The summed E-state index contributed by atoms with van der Waals surface area (Å²) in [6, 6.07) is 18.7. The van der Waals surface area contributed by atoms with Crippen molar-refractivity contribution < 1.29 is 23.9 Å². The number of likely N-dealkylation sites (N-methyl/N-ethyl adjacent to an activating group) is 1. The molecule has 9 heteroatoms. The molecule has 1 unspecified atom stereocenters. The Kier molecular flexibility index (Phi) is 9.71. The van der Waals surface area contributed by atoms with E-state index in [4.69, 9.17) is 18.9 Å². The maximum atomic E-state index is 10.9. The molecule has 0 spiro atoms. The Morgan fingerprint density at radius 3 is 1.92 bits per heavy atom. The van der Waals surface area contributed by atoms with Gasteiger partial charge >= 0.3 is 0 Å². The number of ether oxygens (including phenoxy) is 4. The van der Waals surface area contributed by atoms with Gasteiger partial charge in [-0.2, -0.15) is 0 Å². The minimum atomic E-state index is -0.387. The van der Waals surface area contributed by atoms with Crippen molar-refractivity contribution in [3.05, 3.63) is 81.9 Å². The summed E-state index contributed by atoms with van der Waals surface area (Å²) in [5.74, 6) is 2.80. The summed E-state index contributed by atoms with van der Waals surface area (Å²) in [5, 5.41) is 14.4. The average molecular weight is 511 g/mol. The first-order chi connectivity index (χ1) is 17.8. The first-order valence-electron chi connectivity index (χ1n) is 12.1. The maximum absolute atomic E-state index is 10.9. The highest BCUT2D eigenvalue weighted by Crippen LogP contribution is 2.34. The first-order valence-corrected chi connectivity index (χ1v) is 12.1. The quantitative estimate of drug-likeness (QED) is 0.147. The van der Waals surface area contributed by atoms with Gasteiger partial charge in [0.25, 0.3) is 5.69 Å². The molecular weight excluding hydrogens is 474 g/mol. The van der Waals surface area contributed by atoms with E-state index in [0.29, 0.717) is 34.0 Å². The lowest BCUT2D eigenvalue weighted by Crippen LogP contribution is -2.50. The number of nitrogens with one attached hydrogen (secondary N) is 1. The molecule has 0 bridgehead atoms. The van der Waals surface area contributed by atoms with Crippen molar-refractivity contribution in [3.8, 4) is 23.0 Å². The Balaban J connectivity index is 1.75. The number of nitrogens with zero attached hydrogens (tertiary/aromatic N) is 2. The van der Waals surface area contributed by atoms with Gasteiger partial charge in [-0.15, -0.1) is 0 Å². The van der Waals surface area contributed by atoms with Crippen molar-refractivity contribution in [1.82, 2.24) is 9.80 Å². The summed E-state index contributed by atoms with van der Waals surface area (Å²) in [6.45, 7) is 3.02. The van der Waals surface area contributed by atoms with E-state index in [9.17, 15) is 10.1 Å². The van der Waals surface area contributed by atoms with E-state index in [0.717, 1.165) is 42.9 Å². The van der Waals surface area contributed by atoms with Crippen LogP contribution in [0.25, 0.3) is 0 Å². The smallest absolute Gasteiger partial charge is 0.269 e. The fraction of sp³-hybridized carbons (Fsp3) is 0.357. The van der Waals surface area contributed by atoms with E-state index in [1.165, 1.54) is 12.1 Å². The molecule has 0 aliphatic heterocycles. The molecule has 1 N–H and O–H groups in total. The van der Waals surface area contributed by atoms with Crippen LogP contribution < -0.4 is 28.7 Å². The highest BCUT2D eigenvalue weighted by Gasteiger charge is 2.26. The molecule has 0 radical (unpaired) electrons. The minimum Gasteiger partial charge on any atom is -0.493 e. The Hall–Kier alpha value is -3.82. The van der Waals surface area contributed by atoms with Gasteiger partial charge in [0.1, 0.15) is 5.69 Å². The third-order valence-electron chi connectivity index (χ3n) is 6.59. The summed E-state index contributed by atoms with van der Waals surface area (Å²) in [5.41, 5.74) is 3.35. The predicted octanol–water partition coefficient (Wildman–Crippen LogP) is 4.60. The Labute approximate surface area is 218 Å². The number of quaternary nitrogens is 1. The van der Waals surface area contributed by atoms with Crippen LogP contribution in [0.15, 0.2) is 60.7 Å². The Morgan fingerprint density at radius 1 is 0.757 bits per heavy atom. The second-order valence-corrected chi connectivity index (χ2v) is 8.92. The summed E-state index contributed by atoms with van der Waals surface area (Å²) in [4.78, 5) is 10.5. The molecule has 0 fully saturated rings. The molecule has 0 aromatic heterocycles. The third kappa shape index (κ3) is 7.12. The van der Waals surface area contributed by atoms with Crippen LogP contribution in [-0.2, 0) is 13.0 Å². The topological polar surface area (TPSA) is 92.1 Å². The molecular formula is C28H36N3O6+. The van der Waals surface area contributed by atoms with E-state index in [-0.39, 0.29) is 10.6 Å². The highest BCUT2D eigenvalue weighted by molar-refractivity contribution is 5.54. The van der Waals surface area contributed by atoms with Gasteiger partial charge in [0.15, 0.2) is 23.0 Å². The summed E-state index contributed by atoms with van der Waals surface area (Å²) in [6.07, 6.45) is 0.827. The van der Waals surface area contributed by atoms with Crippen LogP contribution in [0.2, 0.25) is 0 Å². The fourth-order valence-corrected chi connectivity index (χ4v) is 4.24. The van der Waals surface area contributed by atoms with Gasteiger partial charge in [-0.25, -0.2) is 0 Å². The highest BCUT2D eigenvalue weighted by atomic mass is 16.6. The van der Waals surface area contributed by atoms with Crippen molar-refractivity contribution in [3.63, 3.8) is 0 Å². The van der Waals surface area contributed by atoms with Crippen LogP contribution in [-0.4, -0.2) is 60.0 Å². The lowest BCUT2D eigenvalue weighted by molar-refractivity contribution is -0.384. The summed E-state index contributed by atoms with van der Waals surface area (Å²) in [7, 11) is 8.75. The number of nitro benzene ring substituents is 1. The first kappa shape index (κ1) is 27.8. The van der Waals surface area contributed by atoms with Gasteiger partial charge < -0.3 is 24.3 Å². The molecule has 0 saturated heterocycles.